The van der Waals surface area contributed by atoms with Crippen molar-refractivity contribution in [1.29, 1.82) is 0 Å². The molecule has 0 aromatic heterocycles. The molecule has 0 radical (unpaired) electrons. The summed E-state index contributed by atoms with van der Waals surface area (Å²) in [5.41, 5.74) is -0.409. The number of benzene rings is 2. The molecule has 2 aromatic carbocycles. The van der Waals surface area contributed by atoms with Gasteiger partial charge in [0.25, 0.3) is 5.91 Å². The van der Waals surface area contributed by atoms with Gasteiger partial charge < -0.3 is 15.0 Å². The van der Waals surface area contributed by atoms with Gasteiger partial charge in [-0.05, 0) is 43.2 Å². The van der Waals surface area contributed by atoms with E-state index < -0.39 is 35.9 Å². The highest BCUT2D eigenvalue weighted by Gasteiger charge is 2.32. The van der Waals surface area contributed by atoms with Gasteiger partial charge in [-0.15, -0.1) is 0 Å². The zero-order valence-electron chi connectivity index (χ0n) is 14.7. The van der Waals surface area contributed by atoms with Crippen LogP contribution in [0, 0.1) is 11.6 Å². The Balaban J connectivity index is 1.75. The van der Waals surface area contributed by atoms with Crippen molar-refractivity contribution in [3.8, 4) is 5.75 Å². The second kappa shape index (κ2) is 8.04. The molecule has 0 spiro atoms. The van der Waals surface area contributed by atoms with E-state index in [9.17, 15) is 26.7 Å². The molecule has 2 aromatic rings. The van der Waals surface area contributed by atoms with E-state index in [1.54, 1.807) is 0 Å². The number of hydrogen-bond acceptors (Lipinski definition) is 3. The molecular formula is C19H17F5N2O2. The maximum absolute atomic E-state index is 13.6. The van der Waals surface area contributed by atoms with Gasteiger partial charge in [-0.1, -0.05) is 0 Å². The van der Waals surface area contributed by atoms with Crippen molar-refractivity contribution in [2.75, 3.05) is 29.9 Å². The Morgan fingerprint density at radius 3 is 2.43 bits per heavy atom. The molecule has 1 aliphatic heterocycles. The SMILES string of the molecule is O=C(COc1ccc(F)cc1F)Nc1cc(C(F)(F)F)ccc1N1CCCC1. The largest absolute Gasteiger partial charge is 0.481 e. The van der Waals surface area contributed by atoms with Crippen molar-refractivity contribution < 1.29 is 31.5 Å². The number of alkyl halides is 3. The number of nitrogens with zero attached hydrogens (tertiary/aromatic N) is 1. The smallest absolute Gasteiger partial charge is 0.416 e. The van der Waals surface area contributed by atoms with Gasteiger partial charge in [-0.2, -0.15) is 13.2 Å². The fourth-order valence-electron chi connectivity index (χ4n) is 2.97. The van der Waals surface area contributed by atoms with Crippen LogP contribution in [0.25, 0.3) is 0 Å². The van der Waals surface area contributed by atoms with E-state index >= 15 is 0 Å². The summed E-state index contributed by atoms with van der Waals surface area (Å²) in [4.78, 5) is 14.0. The fraction of sp³-hybridized carbons (Fsp3) is 0.316. The molecule has 150 valence electrons. The quantitative estimate of drug-likeness (QED) is 0.746. The van der Waals surface area contributed by atoms with Crippen molar-refractivity contribution in [3.05, 3.63) is 53.6 Å². The van der Waals surface area contributed by atoms with Crippen LogP contribution in [0.4, 0.5) is 33.3 Å². The first-order chi connectivity index (χ1) is 13.2. The summed E-state index contributed by atoms with van der Waals surface area (Å²) < 4.78 is 70.6. The van der Waals surface area contributed by atoms with Crippen LogP contribution in [0.1, 0.15) is 18.4 Å². The number of nitrogens with one attached hydrogen (secondary N) is 1. The Labute approximate surface area is 157 Å². The topological polar surface area (TPSA) is 41.6 Å². The molecule has 1 amide bonds. The second-order valence-electron chi connectivity index (χ2n) is 6.34. The third-order valence-electron chi connectivity index (χ3n) is 4.30. The molecule has 1 N–H and O–H groups in total. The highest BCUT2D eigenvalue weighted by molar-refractivity contribution is 5.95. The lowest BCUT2D eigenvalue weighted by Gasteiger charge is -2.23. The van der Waals surface area contributed by atoms with Gasteiger partial charge in [0, 0.05) is 19.2 Å². The number of carbonyl (C=O) groups is 1. The maximum Gasteiger partial charge on any atom is 0.416 e. The van der Waals surface area contributed by atoms with Crippen LogP contribution in [0.15, 0.2) is 36.4 Å². The molecule has 1 saturated heterocycles. The van der Waals surface area contributed by atoms with Gasteiger partial charge >= 0.3 is 6.18 Å². The molecule has 1 aliphatic rings. The van der Waals surface area contributed by atoms with Gasteiger partial charge in [0.1, 0.15) is 5.82 Å². The first kappa shape index (κ1) is 19.9. The molecule has 0 saturated carbocycles. The van der Waals surface area contributed by atoms with Crippen LogP contribution in [0.3, 0.4) is 0 Å². The molecule has 1 heterocycles. The minimum atomic E-state index is -4.56. The zero-order chi connectivity index (χ0) is 20.3. The molecule has 0 atom stereocenters. The average Bonchev–Trinajstić information content (AvgIpc) is 3.14. The molecule has 9 heteroatoms. The molecule has 0 unspecified atom stereocenters. The van der Waals surface area contributed by atoms with Crippen molar-refractivity contribution in [1.82, 2.24) is 0 Å². The normalized spacial score (nSPS) is 14.2. The van der Waals surface area contributed by atoms with Crippen molar-refractivity contribution in [2.24, 2.45) is 0 Å². The summed E-state index contributed by atoms with van der Waals surface area (Å²) in [7, 11) is 0. The zero-order valence-corrected chi connectivity index (χ0v) is 14.7. The van der Waals surface area contributed by atoms with Gasteiger partial charge in [-0.3, -0.25) is 4.79 Å². The number of hydrogen-bond donors (Lipinski definition) is 1. The van der Waals surface area contributed by atoms with Gasteiger partial charge in [0.2, 0.25) is 0 Å². The van der Waals surface area contributed by atoms with Crippen molar-refractivity contribution in [3.63, 3.8) is 0 Å². The third-order valence-corrected chi connectivity index (χ3v) is 4.30. The number of anilines is 2. The summed E-state index contributed by atoms with van der Waals surface area (Å²) in [6.07, 6.45) is -2.75. The molecule has 28 heavy (non-hydrogen) atoms. The van der Waals surface area contributed by atoms with E-state index in [0.29, 0.717) is 24.8 Å². The summed E-state index contributed by atoms with van der Waals surface area (Å²) in [6.45, 7) is 0.704. The second-order valence-corrected chi connectivity index (χ2v) is 6.34. The van der Waals surface area contributed by atoms with Crippen LogP contribution >= 0.6 is 0 Å². The first-order valence-electron chi connectivity index (χ1n) is 8.58. The third kappa shape index (κ3) is 4.71. The van der Waals surface area contributed by atoms with E-state index in [2.05, 4.69) is 5.32 Å². The molecule has 4 nitrogen and oxygen atoms in total. The van der Waals surface area contributed by atoms with Crippen LogP contribution in [-0.2, 0) is 11.0 Å². The van der Waals surface area contributed by atoms with E-state index in [1.807, 2.05) is 4.90 Å². The summed E-state index contributed by atoms with van der Waals surface area (Å²) in [5.74, 6) is -2.87. The fourth-order valence-corrected chi connectivity index (χ4v) is 2.97. The van der Waals surface area contributed by atoms with Gasteiger partial charge in [0.05, 0.1) is 16.9 Å². The standard InChI is InChI=1S/C19H17F5N2O2/c20-13-4-6-17(14(21)10-13)28-11-18(27)25-15-9-12(19(22,23)24)3-5-16(15)26-7-1-2-8-26/h3-6,9-10H,1-2,7-8,11H2,(H,25,27). The summed E-state index contributed by atoms with van der Waals surface area (Å²) in [5, 5.41) is 2.40. The van der Waals surface area contributed by atoms with E-state index in [4.69, 9.17) is 4.74 Å². The molecule has 3 rings (SSSR count). The van der Waals surface area contributed by atoms with Gasteiger partial charge in [0.15, 0.2) is 18.2 Å². The monoisotopic (exact) mass is 400 g/mol. The first-order valence-corrected chi connectivity index (χ1v) is 8.58. The maximum atomic E-state index is 13.6. The van der Waals surface area contributed by atoms with Gasteiger partial charge in [-0.25, -0.2) is 8.78 Å². The lowest BCUT2D eigenvalue weighted by Crippen LogP contribution is -2.24. The van der Waals surface area contributed by atoms with Crippen LogP contribution in [0.2, 0.25) is 0 Å². The van der Waals surface area contributed by atoms with Crippen molar-refractivity contribution in [2.45, 2.75) is 19.0 Å². The number of halogens is 5. The summed E-state index contributed by atoms with van der Waals surface area (Å²) >= 11 is 0. The van der Waals surface area contributed by atoms with E-state index in [0.717, 1.165) is 37.1 Å². The van der Waals surface area contributed by atoms with E-state index in [1.165, 1.54) is 6.07 Å². The van der Waals surface area contributed by atoms with Crippen LogP contribution < -0.4 is 15.0 Å². The number of ether oxygens (including phenoxy) is 1. The van der Waals surface area contributed by atoms with Crippen LogP contribution in [-0.4, -0.2) is 25.6 Å². The Morgan fingerprint density at radius 1 is 1.07 bits per heavy atom. The number of amides is 1. The Morgan fingerprint density at radius 2 is 1.79 bits per heavy atom. The Kier molecular flexibility index (Phi) is 5.71. The lowest BCUT2D eigenvalue weighted by molar-refractivity contribution is -0.137. The number of rotatable bonds is 5. The lowest BCUT2D eigenvalue weighted by atomic mass is 10.1. The number of carbonyl (C=O) groups excluding carboxylic acids is 1. The highest BCUT2D eigenvalue weighted by Crippen LogP contribution is 2.36. The average molecular weight is 400 g/mol. The minimum absolute atomic E-state index is 0.00454. The molecule has 0 aliphatic carbocycles. The predicted molar refractivity (Wildman–Crippen MR) is 93.4 cm³/mol. The predicted octanol–water partition coefficient (Wildman–Crippen LogP) is 4.60. The Hall–Kier alpha value is -2.84. The molecular weight excluding hydrogens is 383 g/mol. The minimum Gasteiger partial charge on any atom is -0.481 e. The van der Waals surface area contributed by atoms with E-state index in [-0.39, 0.29) is 11.4 Å². The highest BCUT2D eigenvalue weighted by atomic mass is 19.4. The Bertz CT molecular complexity index is 864. The summed E-state index contributed by atoms with van der Waals surface area (Å²) in [6, 6.07) is 5.75. The van der Waals surface area contributed by atoms with Crippen LogP contribution in [0.5, 0.6) is 5.75 Å². The van der Waals surface area contributed by atoms with Crippen molar-refractivity contribution >= 4 is 17.3 Å². The molecule has 1 fully saturated rings. The molecule has 0 bridgehead atoms.